The minimum absolute atomic E-state index is 0.699. The molecule has 2 aromatic carbocycles. The fourth-order valence-electron chi connectivity index (χ4n) is 2.94. The van der Waals surface area contributed by atoms with Gasteiger partial charge in [-0.15, -0.1) is 0 Å². The Morgan fingerprint density at radius 1 is 1.00 bits per heavy atom. The van der Waals surface area contributed by atoms with E-state index in [0.717, 1.165) is 41.3 Å². The number of nitrogens with zero attached hydrogens (tertiary/aromatic N) is 1. The normalized spacial score (nSPS) is 13.5. The molecule has 0 unspecified atom stereocenters. The molecule has 0 amide bonds. The summed E-state index contributed by atoms with van der Waals surface area (Å²) >= 11 is 0. The number of aromatic nitrogens is 2. The molecule has 0 radical (unpaired) electrons. The number of aromatic amines is 1. The first-order chi connectivity index (χ1) is 12.3. The highest BCUT2D eigenvalue weighted by atomic mass is 16.5. The molecule has 0 saturated heterocycles. The first kappa shape index (κ1) is 15.3. The lowest BCUT2D eigenvalue weighted by Gasteiger charge is -2.15. The Kier molecular flexibility index (Phi) is 4.09. The van der Waals surface area contributed by atoms with Crippen LogP contribution in [0.4, 0.5) is 5.69 Å². The lowest BCUT2D eigenvalue weighted by atomic mass is 9.99. The van der Waals surface area contributed by atoms with Gasteiger partial charge in [-0.1, -0.05) is 42.5 Å². The van der Waals surface area contributed by atoms with Crippen molar-refractivity contribution < 1.29 is 4.74 Å². The highest BCUT2D eigenvalue weighted by molar-refractivity contribution is 5.72. The van der Waals surface area contributed by atoms with E-state index in [9.17, 15) is 0 Å². The van der Waals surface area contributed by atoms with Crippen LogP contribution in [0.5, 0.6) is 5.75 Å². The Morgan fingerprint density at radius 2 is 1.88 bits per heavy atom. The van der Waals surface area contributed by atoms with Gasteiger partial charge < -0.3 is 10.5 Å². The Hall–Kier alpha value is -3.27. The van der Waals surface area contributed by atoms with Crippen LogP contribution in [0.1, 0.15) is 28.9 Å². The summed E-state index contributed by atoms with van der Waals surface area (Å²) in [4.78, 5) is 0. The van der Waals surface area contributed by atoms with Gasteiger partial charge in [0.2, 0.25) is 0 Å². The topological polar surface area (TPSA) is 63.9 Å². The van der Waals surface area contributed by atoms with Crippen LogP contribution in [0.2, 0.25) is 0 Å². The highest BCUT2D eigenvalue weighted by Crippen LogP contribution is 2.28. The third kappa shape index (κ3) is 3.48. The van der Waals surface area contributed by atoms with Gasteiger partial charge in [0.05, 0.1) is 11.4 Å². The van der Waals surface area contributed by atoms with Gasteiger partial charge in [-0.05, 0) is 30.2 Å². The van der Waals surface area contributed by atoms with Crippen molar-refractivity contribution in [3.05, 3.63) is 82.9 Å². The molecule has 1 aliphatic rings. The lowest BCUT2D eigenvalue weighted by Crippen LogP contribution is -2.04. The minimum atomic E-state index is 0.699. The van der Waals surface area contributed by atoms with Crippen LogP contribution in [-0.2, 0) is 6.42 Å². The summed E-state index contributed by atoms with van der Waals surface area (Å²) in [6, 6.07) is 17.7. The van der Waals surface area contributed by atoms with Crippen LogP contribution < -0.4 is 10.5 Å². The van der Waals surface area contributed by atoms with Crippen LogP contribution in [0.15, 0.2) is 60.4 Å². The second-order valence-electron chi connectivity index (χ2n) is 6.03. The van der Waals surface area contributed by atoms with Crippen LogP contribution in [0, 0.1) is 0 Å². The van der Waals surface area contributed by atoms with Crippen molar-refractivity contribution in [3.63, 3.8) is 0 Å². The molecule has 1 aromatic heterocycles. The van der Waals surface area contributed by atoms with Crippen LogP contribution in [-0.4, -0.2) is 10.2 Å². The summed E-state index contributed by atoms with van der Waals surface area (Å²) in [6.45, 7) is 0. The largest absolute Gasteiger partial charge is 0.462 e. The number of ether oxygens (including phenoxy) is 1. The molecular formula is C21H19N3O. The number of allylic oxidation sites excluding steroid dienone is 1. The molecule has 1 heterocycles. The van der Waals surface area contributed by atoms with Crippen LogP contribution >= 0.6 is 0 Å². The van der Waals surface area contributed by atoms with Crippen molar-refractivity contribution in [2.45, 2.75) is 12.8 Å². The molecule has 3 N–H and O–H groups in total. The van der Waals surface area contributed by atoms with Gasteiger partial charge in [0.1, 0.15) is 11.5 Å². The van der Waals surface area contributed by atoms with Crippen molar-refractivity contribution in [1.29, 1.82) is 0 Å². The summed E-state index contributed by atoms with van der Waals surface area (Å²) in [5.41, 5.74) is 10.9. The maximum absolute atomic E-state index is 5.95. The monoisotopic (exact) mass is 329 g/mol. The second kappa shape index (κ2) is 6.69. The summed E-state index contributed by atoms with van der Waals surface area (Å²) in [7, 11) is 0. The second-order valence-corrected chi connectivity index (χ2v) is 6.03. The molecule has 1 aliphatic carbocycles. The van der Waals surface area contributed by atoms with Crippen molar-refractivity contribution >= 4 is 23.9 Å². The number of hydrogen-bond donors (Lipinski definition) is 2. The summed E-state index contributed by atoms with van der Waals surface area (Å²) in [5.74, 6) is 1.68. The van der Waals surface area contributed by atoms with Gasteiger partial charge in [-0.2, -0.15) is 5.10 Å². The van der Waals surface area contributed by atoms with Crippen molar-refractivity contribution in [2.75, 3.05) is 5.73 Å². The standard InChI is InChI=1S/C21H19N3O/c22-16-7-4-8-17(13-16)25-18-10-11-19-20(23-24-21(19)14-18)12-9-15-5-2-1-3-6-15/h1-9,12-14H,10-11,22H2,(H,23,24)/b12-9+. The first-order valence-corrected chi connectivity index (χ1v) is 8.32. The SMILES string of the molecule is Nc1cccc(OC2=Cc3[nH]nc(/C=C/c4ccccc4)c3CC2)c1. The zero-order valence-corrected chi connectivity index (χ0v) is 13.8. The Bertz CT molecular complexity index is 939. The molecule has 3 aromatic rings. The number of H-pyrrole nitrogens is 1. The number of hydrogen-bond acceptors (Lipinski definition) is 3. The zero-order valence-electron chi connectivity index (χ0n) is 13.8. The fourth-order valence-corrected chi connectivity index (χ4v) is 2.94. The van der Waals surface area contributed by atoms with Crippen molar-refractivity contribution in [1.82, 2.24) is 10.2 Å². The number of fused-ring (bicyclic) bond motifs is 1. The molecule has 4 nitrogen and oxygen atoms in total. The molecule has 4 rings (SSSR count). The average molecular weight is 329 g/mol. The Balaban J connectivity index is 1.53. The predicted octanol–water partition coefficient (Wildman–Crippen LogP) is 4.53. The highest BCUT2D eigenvalue weighted by Gasteiger charge is 2.17. The Morgan fingerprint density at radius 3 is 2.72 bits per heavy atom. The van der Waals surface area contributed by atoms with E-state index in [2.05, 4.69) is 34.5 Å². The zero-order chi connectivity index (χ0) is 17.1. The number of anilines is 1. The molecular weight excluding hydrogens is 310 g/mol. The summed E-state index contributed by atoms with van der Waals surface area (Å²) in [5, 5.41) is 7.54. The third-order valence-corrected chi connectivity index (χ3v) is 4.20. The molecule has 25 heavy (non-hydrogen) atoms. The molecule has 0 saturated carbocycles. The van der Waals surface area contributed by atoms with Crippen LogP contribution in [0.3, 0.4) is 0 Å². The smallest absolute Gasteiger partial charge is 0.128 e. The van der Waals surface area contributed by atoms with E-state index in [-0.39, 0.29) is 0 Å². The van der Waals surface area contributed by atoms with Crippen molar-refractivity contribution in [3.8, 4) is 5.75 Å². The number of benzene rings is 2. The van der Waals surface area contributed by atoms with E-state index in [0.29, 0.717) is 5.69 Å². The Labute approximate surface area is 146 Å². The quantitative estimate of drug-likeness (QED) is 0.691. The maximum atomic E-state index is 5.95. The van der Waals surface area contributed by atoms with E-state index in [1.807, 2.05) is 48.5 Å². The van der Waals surface area contributed by atoms with E-state index in [1.54, 1.807) is 0 Å². The molecule has 4 heteroatoms. The molecule has 0 fully saturated rings. The van der Waals surface area contributed by atoms with Gasteiger partial charge in [0, 0.05) is 29.8 Å². The predicted molar refractivity (Wildman–Crippen MR) is 102 cm³/mol. The number of nitrogen functional groups attached to an aromatic ring is 1. The summed E-state index contributed by atoms with van der Waals surface area (Å²) < 4.78 is 5.95. The summed E-state index contributed by atoms with van der Waals surface area (Å²) in [6.07, 6.45) is 7.90. The van der Waals surface area contributed by atoms with E-state index in [4.69, 9.17) is 10.5 Å². The molecule has 0 bridgehead atoms. The number of rotatable bonds is 4. The maximum Gasteiger partial charge on any atom is 0.128 e. The molecule has 124 valence electrons. The van der Waals surface area contributed by atoms with Gasteiger partial charge in [-0.3, -0.25) is 5.10 Å². The van der Waals surface area contributed by atoms with Gasteiger partial charge in [0.15, 0.2) is 0 Å². The van der Waals surface area contributed by atoms with Gasteiger partial charge in [0.25, 0.3) is 0 Å². The van der Waals surface area contributed by atoms with Gasteiger partial charge in [-0.25, -0.2) is 0 Å². The molecule has 0 atom stereocenters. The van der Waals surface area contributed by atoms with E-state index >= 15 is 0 Å². The molecule has 0 aliphatic heterocycles. The van der Waals surface area contributed by atoms with Gasteiger partial charge >= 0.3 is 0 Å². The fraction of sp³-hybridized carbons (Fsp3) is 0.0952. The first-order valence-electron chi connectivity index (χ1n) is 8.32. The number of nitrogens with one attached hydrogen (secondary N) is 1. The van der Waals surface area contributed by atoms with E-state index < -0.39 is 0 Å². The van der Waals surface area contributed by atoms with Crippen LogP contribution in [0.25, 0.3) is 18.2 Å². The average Bonchev–Trinajstić information content (AvgIpc) is 3.03. The lowest BCUT2D eigenvalue weighted by molar-refractivity contribution is 0.406. The van der Waals surface area contributed by atoms with E-state index in [1.165, 1.54) is 5.56 Å². The number of nitrogens with two attached hydrogens (primary N) is 1. The third-order valence-electron chi connectivity index (χ3n) is 4.20. The molecule has 0 spiro atoms. The minimum Gasteiger partial charge on any atom is -0.462 e. The van der Waals surface area contributed by atoms with Crippen molar-refractivity contribution in [2.24, 2.45) is 0 Å².